The van der Waals surface area contributed by atoms with Crippen molar-refractivity contribution in [1.29, 1.82) is 0 Å². The highest BCUT2D eigenvalue weighted by Crippen LogP contribution is 2.27. The number of halogens is 2. The largest absolute Gasteiger partial charge is 0.353 e. The Bertz CT molecular complexity index is 481. The van der Waals surface area contributed by atoms with Gasteiger partial charge in [0.1, 0.15) is 5.82 Å². The number of hydrogen-bond donors (Lipinski definition) is 0. The van der Waals surface area contributed by atoms with E-state index in [0.29, 0.717) is 18.8 Å². The summed E-state index contributed by atoms with van der Waals surface area (Å²) in [5.74, 6) is -0.280. The first kappa shape index (κ1) is 18.3. The molecule has 134 valence electrons. The van der Waals surface area contributed by atoms with Crippen molar-refractivity contribution in [3.05, 3.63) is 33.5 Å². The fourth-order valence-electron chi connectivity index (χ4n) is 2.99. The molecule has 2 atom stereocenters. The minimum atomic E-state index is -0.280. The van der Waals surface area contributed by atoms with Crippen molar-refractivity contribution < 1.29 is 23.3 Å². The minimum absolute atomic E-state index is 0.181. The van der Waals surface area contributed by atoms with E-state index in [-0.39, 0.29) is 25.0 Å². The van der Waals surface area contributed by atoms with E-state index in [4.69, 9.17) is 18.9 Å². The van der Waals surface area contributed by atoms with E-state index in [1.165, 1.54) is 6.07 Å². The molecule has 1 aromatic carbocycles. The molecule has 0 spiro atoms. The van der Waals surface area contributed by atoms with Crippen LogP contribution in [0.2, 0.25) is 0 Å². The Morgan fingerprint density at radius 1 is 0.917 bits per heavy atom. The maximum absolute atomic E-state index is 14.3. The van der Waals surface area contributed by atoms with E-state index < -0.39 is 0 Å². The van der Waals surface area contributed by atoms with Crippen molar-refractivity contribution in [2.24, 2.45) is 0 Å². The van der Waals surface area contributed by atoms with Crippen molar-refractivity contribution in [3.63, 3.8) is 0 Å². The number of ether oxygens (including phenoxy) is 4. The van der Waals surface area contributed by atoms with Crippen LogP contribution in [0.15, 0.2) is 16.6 Å². The summed E-state index contributed by atoms with van der Waals surface area (Å²) in [6.45, 7) is 1.91. The molecule has 2 aliphatic heterocycles. The number of rotatable bonds is 6. The lowest BCUT2D eigenvalue weighted by Gasteiger charge is -2.25. The molecule has 0 aromatic heterocycles. The molecule has 2 unspecified atom stereocenters. The first-order chi connectivity index (χ1) is 11.7. The maximum Gasteiger partial charge on any atom is 0.158 e. The van der Waals surface area contributed by atoms with Crippen LogP contribution in [0.3, 0.4) is 0 Å². The van der Waals surface area contributed by atoms with Gasteiger partial charge in [-0.1, -0.05) is 15.9 Å². The van der Waals surface area contributed by atoms with Crippen molar-refractivity contribution in [2.75, 3.05) is 13.2 Å². The molecule has 2 saturated heterocycles. The molecule has 0 bridgehead atoms. The average Bonchev–Trinajstić information content (AvgIpc) is 2.63. The molecule has 1 aromatic rings. The van der Waals surface area contributed by atoms with Gasteiger partial charge in [-0.3, -0.25) is 0 Å². The maximum atomic E-state index is 14.3. The van der Waals surface area contributed by atoms with Gasteiger partial charge >= 0.3 is 0 Å². The summed E-state index contributed by atoms with van der Waals surface area (Å²) in [5.41, 5.74) is 1.30. The molecule has 2 heterocycles. The predicted molar refractivity (Wildman–Crippen MR) is 90.9 cm³/mol. The zero-order valence-corrected chi connectivity index (χ0v) is 15.4. The third-order valence-electron chi connectivity index (χ3n) is 4.42. The van der Waals surface area contributed by atoms with Crippen molar-refractivity contribution in [1.82, 2.24) is 0 Å². The van der Waals surface area contributed by atoms with E-state index in [2.05, 4.69) is 15.9 Å². The molecule has 0 N–H and O–H groups in total. The molecule has 0 aliphatic carbocycles. The first-order valence-corrected chi connectivity index (χ1v) is 9.45. The van der Waals surface area contributed by atoms with Crippen LogP contribution in [-0.2, 0) is 32.2 Å². The van der Waals surface area contributed by atoms with Crippen LogP contribution in [0.25, 0.3) is 0 Å². The molecule has 0 saturated carbocycles. The van der Waals surface area contributed by atoms with Gasteiger partial charge < -0.3 is 18.9 Å². The normalized spacial score (nSPS) is 24.9. The molecule has 2 aliphatic rings. The summed E-state index contributed by atoms with van der Waals surface area (Å²) < 4.78 is 37.9. The fraction of sp³-hybridized carbons (Fsp3) is 0.667. The SMILES string of the molecule is Fc1ccc(Br)c(COC2CCCCO2)c1COC1CCCCO1. The topological polar surface area (TPSA) is 36.9 Å². The Kier molecular flexibility index (Phi) is 7.04. The monoisotopic (exact) mass is 402 g/mol. The summed E-state index contributed by atoms with van der Waals surface area (Å²) in [6.07, 6.45) is 5.61. The second-order valence-electron chi connectivity index (χ2n) is 6.20. The smallest absolute Gasteiger partial charge is 0.158 e. The molecular formula is C18H24BrFO4. The van der Waals surface area contributed by atoms with Gasteiger partial charge in [-0.25, -0.2) is 4.39 Å². The van der Waals surface area contributed by atoms with E-state index in [0.717, 1.165) is 55.2 Å². The fourth-order valence-corrected chi connectivity index (χ4v) is 3.47. The van der Waals surface area contributed by atoms with Crippen LogP contribution in [0.1, 0.15) is 49.7 Å². The van der Waals surface area contributed by atoms with Gasteiger partial charge in [0.15, 0.2) is 12.6 Å². The molecule has 2 fully saturated rings. The summed E-state index contributed by atoms with van der Waals surface area (Å²) >= 11 is 3.50. The Morgan fingerprint density at radius 2 is 1.50 bits per heavy atom. The van der Waals surface area contributed by atoms with Gasteiger partial charge in [0, 0.05) is 28.8 Å². The van der Waals surface area contributed by atoms with Gasteiger partial charge in [0.05, 0.1) is 13.2 Å². The van der Waals surface area contributed by atoms with E-state index in [9.17, 15) is 4.39 Å². The van der Waals surface area contributed by atoms with Crippen LogP contribution in [0.4, 0.5) is 4.39 Å². The zero-order chi connectivity index (χ0) is 16.8. The third kappa shape index (κ3) is 4.99. The lowest BCUT2D eigenvalue weighted by molar-refractivity contribution is -0.173. The molecule has 4 nitrogen and oxygen atoms in total. The summed E-state index contributed by atoms with van der Waals surface area (Å²) in [4.78, 5) is 0. The highest BCUT2D eigenvalue weighted by molar-refractivity contribution is 9.10. The van der Waals surface area contributed by atoms with Crippen LogP contribution in [-0.4, -0.2) is 25.8 Å². The minimum Gasteiger partial charge on any atom is -0.353 e. The Hall–Kier alpha value is -0.530. The number of hydrogen-bond acceptors (Lipinski definition) is 4. The van der Waals surface area contributed by atoms with Crippen LogP contribution >= 0.6 is 15.9 Å². The van der Waals surface area contributed by atoms with Crippen molar-refractivity contribution in [3.8, 4) is 0 Å². The van der Waals surface area contributed by atoms with Gasteiger partial charge in [-0.05, 0) is 50.7 Å². The van der Waals surface area contributed by atoms with Gasteiger partial charge in [0.25, 0.3) is 0 Å². The highest BCUT2D eigenvalue weighted by Gasteiger charge is 2.20. The third-order valence-corrected chi connectivity index (χ3v) is 5.16. The molecule has 0 amide bonds. The Morgan fingerprint density at radius 3 is 2.04 bits per heavy atom. The van der Waals surface area contributed by atoms with Crippen LogP contribution in [0, 0.1) is 5.82 Å². The summed E-state index contributed by atoms with van der Waals surface area (Å²) in [5, 5.41) is 0. The molecule has 3 rings (SSSR count). The van der Waals surface area contributed by atoms with Crippen molar-refractivity contribution in [2.45, 2.75) is 64.3 Å². The van der Waals surface area contributed by atoms with Gasteiger partial charge in [0.2, 0.25) is 0 Å². The summed E-state index contributed by atoms with van der Waals surface area (Å²) in [6, 6.07) is 3.15. The first-order valence-electron chi connectivity index (χ1n) is 8.66. The average molecular weight is 403 g/mol. The second kappa shape index (κ2) is 9.25. The molecular weight excluding hydrogens is 379 g/mol. The highest BCUT2D eigenvalue weighted by atomic mass is 79.9. The Balaban J connectivity index is 1.63. The van der Waals surface area contributed by atoms with Gasteiger partial charge in [-0.2, -0.15) is 0 Å². The molecule has 6 heteroatoms. The van der Waals surface area contributed by atoms with E-state index in [1.54, 1.807) is 6.07 Å². The Labute approximate surface area is 150 Å². The molecule has 0 radical (unpaired) electrons. The van der Waals surface area contributed by atoms with E-state index in [1.807, 2.05) is 0 Å². The van der Waals surface area contributed by atoms with Gasteiger partial charge in [-0.15, -0.1) is 0 Å². The van der Waals surface area contributed by atoms with Crippen LogP contribution in [0.5, 0.6) is 0 Å². The van der Waals surface area contributed by atoms with Crippen LogP contribution < -0.4 is 0 Å². The summed E-state index contributed by atoms with van der Waals surface area (Å²) in [7, 11) is 0. The second-order valence-corrected chi connectivity index (χ2v) is 7.05. The lowest BCUT2D eigenvalue weighted by Crippen LogP contribution is -2.24. The van der Waals surface area contributed by atoms with E-state index >= 15 is 0 Å². The standard InChI is InChI=1S/C18H24BrFO4/c19-15-7-8-16(20)14(12-24-18-6-2-4-10-22-18)13(15)11-23-17-5-1-3-9-21-17/h7-8,17-18H,1-6,9-12H2. The van der Waals surface area contributed by atoms with Crippen molar-refractivity contribution >= 4 is 15.9 Å². The lowest BCUT2D eigenvalue weighted by atomic mass is 10.1. The number of benzene rings is 1. The predicted octanol–water partition coefficient (Wildman–Crippen LogP) is 4.67. The molecule has 24 heavy (non-hydrogen) atoms. The quantitative estimate of drug-likeness (QED) is 0.692. The zero-order valence-electron chi connectivity index (χ0n) is 13.8.